The monoisotopic (exact) mass is 254 g/mol. The summed E-state index contributed by atoms with van der Waals surface area (Å²) in [5, 5.41) is 3.18. The standard InChI is InChI=1S/C12H15ClN2O2/c13-9-4-1-5-10(14)12(9)15-11(16)7-8-3-2-6-17-8/h1,4-5,8H,2-3,6-7,14H2,(H,15,16). The third kappa shape index (κ3) is 3.11. The van der Waals surface area contributed by atoms with Gasteiger partial charge in [-0.25, -0.2) is 0 Å². The van der Waals surface area contributed by atoms with Crippen molar-refractivity contribution in [1.29, 1.82) is 0 Å². The van der Waals surface area contributed by atoms with E-state index < -0.39 is 0 Å². The molecule has 0 aliphatic carbocycles. The lowest BCUT2D eigenvalue weighted by molar-refractivity contribution is -0.118. The third-order valence-electron chi connectivity index (χ3n) is 2.75. The molecule has 1 aliphatic heterocycles. The molecule has 1 fully saturated rings. The van der Waals surface area contributed by atoms with Gasteiger partial charge in [-0.1, -0.05) is 17.7 Å². The number of hydrogen-bond acceptors (Lipinski definition) is 3. The van der Waals surface area contributed by atoms with E-state index in [1.807, 2.05) is 0 Å². The first kappa shape index (κ1) is 12.2. The number of carbonyl (C=O) groups is 1. The fourth-order valence-corrected chi connectivity index (χ4v) is 2.10. The van der Waals surface area contributed by atoms with Gasteiger partial charge >= 0.3 is 0 Å². The van der Waals surface area contributed by atoms with E-state index in [1.165, 1.54) is 0 Å². The van der Waals surface area contributed by atoms with Gasteiger partial charge in [0.2, 0.25) is 5.91 Å². The molecule has 3 N–H and O–H groups in total. The molecule has 4 nitrogen and oxygen atoms in total. The van der Waals surface area contributed by atoms with Gasteiger partial charge in [-0.2, -0.15) is 0 Å². The Hall–Kier alpha value is -1.26. The van der Waals surface area contributed by atoms with Gasteiger partial charge in [0.05, 0.1) is 28.9 Å². The van der Waals surface area contributed by atoms with Crippen LogP contribution < -0.4 is 11.1 Å². The molecule has 1 aliphatic rings. The molecule has 1 atom stereocenters. The van der Waals surface area contributed by atoms with Gasteiger partial charge in [-0.15, -0.1) is 0 Å². The van der Waals surface area contributed by atoms with Crippen molar-refractivity contribution in [1.82, 2.24) is 0 Å². The topological polar surface area (TPSA) is 64.3 Å². The highest BCUT2D eigenvalue weighted by Crippen LogP contribution is 2.28. The predicted molar refractivity (Wildman–Crippen MR) is 68.1 cm³/mol. The van der Waals surface area contributed by atoms with Gasteiger partial charge < -0.3 is 15.8 Å². The van der Waals surface area contributed by atoms with Crippen LogP contribution in [0, 0.1) is 0 Å². The van der Waals surface area contributed by atoms with Crippen LogP contribution in [0.25, 0.3) is 0 Å². The first-order valence-electron chi connectivity index (χ1n) is 5.62. The normalized spacial score (nSPS) is 19.2. The van der Waals surface area contributed by atoms with Crippen LogP contribution in [0.4, 0.5) is 11.4 Å². The van der Waals surface area contributed by atoms with E-state index >= 15 is 0 Å². The van der Waals surface area contributed by atoms with Crippen molar-refractivity contribution < 1.29 is 9.53 Å². The zero-order chi connectivity index (χ0) is 12.3. The molecule has 17 heavy (non-hydrogen) atoms. The highest BCUT2D eigenvalue weighted by molar-refractivity contribution is 6.34. The lowest BCUT2D eigenvalue weighted by Gasteiger charge is -2.12. The smallest absolute Gasteiger partial charge is 0.227 e. The van der Waals surface area contributed by atoms with Crippen LogP contribution in [0.2, 0.25) is 5.02 Å². The Balaban J connectivity index is 1.97. The Morgan fingerprint density at radius 2 is 2.41 bits per heavy atom. The lowest BCUT2D eigenvalue weighted by atomic mass is 10.1. The Morgan fingerprint density at radius 1 is 1.59 bits per heavy atom. The SMILES string of the molecule is Nc1cccc(Cl)c1NC(=O)CC1CCCO1. The summed E-state index contributed by atoms with van der Waals surface area (Å²) < 4.78 is 5.40. The zero-order valence-electron chi connectivity index (χ0n) is 9.41. The van der Waals surface area contributed by atoms with E-state index in [-0.39, 0.29) is 12.0 Å². The molecule has 1 saturated heterocycles. The van der Waals surface area contributed by atoms with Gasteiger partial charge in [0.25, 0.3) is 0 Å². The van der Waals surface area contributed by atoms with Crippen molar-refractivity contribution >= 4 is 28.9 Å². The quantitative estimate of drug-likeness (QED) is 0.815. The molecule has 1 heterocycles. The summed E-state index contributed by atoms with van der Waals surface area (Å²) in [6.45, 7) is 0.742. The number of rotatable bonds is 3. The minimum atomic E-state index is -0.114. The number of nitrogens with two attached hydrogens (primary N) is 1. The van der Waals surface area contributed by atoms with Crippen molar-refractivity contribution in [2.24, 2.45) is 0 Å². The Bertz CT molecular complexity index is 397. The van der Waals surface area contributed by atoms with Gasteiger partial charge in [0, 0.05) is 6.61 Å². The second-order valence-electron chi connectivity index (χ2n) is 4.09. The molecule has 5 heteroatoms. The third-order valence-corrected chi connectivity index (χ3v) is 3.06. The van der Waals surface area contributed by atoms with Crippen LogP contribution in [0.1, 0.15) is 19.3 Å². The molecular formula is C12H15ClN2O2. The van der Waals surface area contributed by atoms with Gasteiger partial charge in [-0.3, -0.25) is 4.79 Å². The number of halogens is 1. The van der Waals surface area contributed by atoms with Crippen molar-refractivity contribution in [3.05, 3.63) is 23.2 Å². The summed E-state index contributed by atoms with van der Waals surface area (Å²) in [5.41, 5.74) is 6.70. The second kappa shape index (κ2) is 5.38. The number of anilines is 2. The molecule has 0 spiro atoms. The van der Waals surface area contributed by atoms with E-state index in [0.717, 1.165) is 19.4 Å². The maximum absolute atomic E-state index is 11.8. The number of nitrogens with one attached hydrogen (secondary N) is 1. The lowest BCUT2D eigenvalue weighted by Crippen LogP contribution is -2.20. The summed E-state index contributed by atoms with van der Waals surface area (Å²) in [7, 11) is 0. The van der Waals surface area contributed by atoms with Crippen LogP contribution >= 0.6 is 11.6 Å². The van der Waals surface area contributed by atoms with Crippen molar-refractivity contribution in [2.45, 2.75) is 25.4 Å². The highest BCUT2D eigenvalue weighted by atomic mass is 35.5. The minimum Gasteiger partial charge on any atom is -0.397 e. The molecule has 1 amide bonds. The van der Waals surface area contributed by atoms with Gasteiger partial charge in [0.15, 0.2) is 0 Å². The van der Waals surface area contributed by atoms with Crippen LogP contribution in [-0.2, 0) is 9.53 Å². The first-order valence-corrected chi connectivity index (χ1v) is 6.00. The summed E-state index contributed by atoms with van der Waals surface area (Å²) in [4.78, 5) is 11.8. The number of benzene rings is 1. The molecule has 0 aromatic heterocycles. The van der Waals surface area contributed by atoms with Gasteiger partial charge in [0.1, 0.15) is 0 Å². The molecule has 1 unspecified atom stereocenters. The molecule has 1 aromatic carbocycles. The number of carbonyl (C=O) groups excluding carboxylic acids is 1. The number of amides is 1. The number of ether oxygens (including phenoxy) is 1. The fraction of sp³-hybridized carbons (Fsp3) is 0.417. The summed E-state index contributed by atoms with van der Waals surface area (Å²) >= 11 is 5.96. The van der Waals surface area contributed by atoms with Crippen LogP contribution in [0.15, 0.2) is 18.2 Å². The van der Waals surface area contributed by atoms with Crippen LogP contribution in [0.3, 0.4) is 0 Å². The summed E-state index contributed by atoms with van der Waals surface area (Å²) in [6.07, 6.45) is 2.33. The zero-order valence-corrected chi connectivity index (χ0v) is 10.2. The second-order valence-corrected chi connectivity index (χ2v) is 4.50. The number of para-hydroxylation sites is 1. The van der Waals surface area contributed by atoms with Crippen molar-refractivity contribution in [2.75, 3.05) is 17.7 Å². The first-order chi connectivity index (χ1) is 8.16. The average Bonchev–Trinajstić information content (AvgIpc) is 2.76. The molecule has 0 radical (unpaired) electrons. The minimum absolute atomic E-state index is 0.0266. The average molecular weight is 255 g/mol. The van der Waals surface area contributed by atoms with Crippen molar-refractivity contribution in [3.8, 4) is 0 Å². The molecular weight excluding hydrogens is 240 g/mol. The van der Waals surface area contributed by atoms with Crippen LogP contribution in [-0.4, -0.2) is 18.6 Å². The Labute approximate surface area is 105 Å². The maximum atomic E-state index is 11.8. The summed E-state index contributed by atoms with van der Waals surface area (Å²) in [5.74, 6) is -0.114. The fourth-order valence-electron chi connectivity index (χ4n) is 1.88. The summed E-state index contributed by atoms with van der Waals surface area (Å²) in [6, 6.07) is 5.14. The molecule has 1 aromatic rings. The largest absolute Gasteiger partial charge is 0.397 e. The van der Waals surface area contributed by atoms with E-state index in [2.05, 4.69) is 5.32 Å². The Morgan fingerprint density at radius 3 is 3.06 bits per heavy atom. The van der Waals surface area contributed by atoms with E-state index in [9.17, 15) is 4.79 Å². The molecule has 0 bridgehead atoms. The van der Waals surface area contributed by atoms with Crippen LogP contribution in [0.5, 0.6) is 0 Å². The molecule has 92 valence electrons. The molecule has 2 rings (SSSR count). The van der Waals surface area contributed by atoms with E-state index in [0.29, 0.717) is 22.8 Å². The molecule has 0 saturated carbocycles. The Kier molecular flexibility index (Phi) is 3.86. The maximum Gasteiger partial charge on any atom is 0.227 e. The number of nitrogen functional groups attached to an aromatic ring is 1. The predicted octanol–water partition coefficient (Wildman–Crippen LogP) is 2.43. The van der Waals surface area contributed by atoms with Gasteiger partial charge in [-0.05, 0) is 25.0 Å². The van der Waals surface area contributed by atoms with E-state index in [1.54, 1.807) is 18.2 Å². The number of hydrogen-bond donors (Lipinski definition) is 2. The highest BCUT2D eigenvalue weighted by Gasteiger charge is 2.19. The van der Waals surface area contributed by atoms with E-state index in [4.69, 9.17) is 22.1 Å². The van der Waals surface area contributed by atoms with Crippen molar-refractivity contribution in [3.63, 3.8) is 0 Å².